The van der Waals surface area contributed by atoms with Crippen molar-refractivity contribution in [3.8, 4) is 0 Å². The second-order valence-corrected chi connectivity index (χ2v) is 6.21. The number of carbonyl (C=O) groups is 1. The van der Waals surface area contributed by atoms with E-state index in [-0.39, 0.29) is 12.5 Å². The number of nitrogens with one attached hydrogen (secondary N) is 1. The van der Waals surface area contributed by atoms with Crippen molar-refractivity contribution in [2.45, 2.75) is 26.4 Å². The molecule has 2 N–H and O–H groups in total. The SMILES string of the molecule is CC(=O)NCC1CCN(c2ccc(Br)cc2CO)CC1. The number of benzene rings is 1. The molecule has 110 valence electrons. The third-order valence-electron chi connectivity index (χ3n) is 3.81. The second-order valence-electron chi connectivity index (χ2n) is 5.30. The van der Waals surface area contributed by atoms with E-state index < -0.39 is 0 Å². The van der Waals surface area contributed by atoms with Crippen LogP contribution in [-0.4, -0.2) is 30.6 Å². The average molecular weight is 341 g/mol. The number of hydrogen-bond donors (Lipinski definition) is 2. The third-order valence-corrected chi connectivity index (χ3v) is 4.30. The van der Waals surface area contributed by atoms with Crippen LogP contribution in [0.5, 0.6) is 0 Å². The molecular weight excluding hydrogens is 320 g/mol. The summed E-state index contributed by atoms with van der Waals surface area (Å²) in [5.41, 5.74) is 2.08. The van der Waals surface area contributed by atoms with Crippen LogP contribution in [-0.2, 0) is 11.4 Å². The van der Waals surface area contributed by atoms with Crippen LogP contribution in [0.1, 0.15) is 25.3 Å². The first-order chi connectivity index (χ1) is 9.60. The third kappa shape index (κ3) is 3.96. The molecule has 0 unspecified atom stereocenters. The molecule has 20 heavy (non-hydrogen) atoms. The molecule has 1 aliphatic rings. The van der Waals surface area contributed by atoms with Gasteiger partial charge in [-0.2, -0.15) is 0 Å². The van der Waals surface area contributed by atoms with Gasteiger partial charge >= 0.3 is 0 Å². The molecule has 5 heteroatoms. The molecule has 1 saturated heterocycles. The summed E-state index contributed by atoms with van der Waals surface area (Å²) in [6.07, 6.45) is 2.14. The van der Waals surface area contributed by atoms with Gasteiger partial charge in [-0.15, -0.1) is 0 Å². The van der Waals surface area contributed by atoms with Crippen LogP contribution in [0.4, 0.5) is 5.69 Å². The molecule has 4 nitrogen and oxygen atoms in total. The van der Waals surface area contributed by atoms with Crippen LogP contribution in [0, 0.1) is 5.92 Å². The zero-order valence-corrected chi connectivity index (χ0v) is 13.3. The molecular formula is C15H21BrN2O2. The molecule has 1 heterocycles. The fourth-order valence-electron chi connectivity index (χ4n) is 2.66. The van der Waals surface area contributed by atoms with Crippen LogP contribution in [0.15, 0.2) is 22.7 Å². The lowest BCUT2D eigenvalue weighted by Gasteiger charge is -2.34. The van der Waals surface area contributed by atoms with Crippen LogP contribution < -0.4 is 10.2 Å². The Labute approximate surface area is 128 Å². The molecule has 0 aliphatic carbocycles. The van der Waals surface area contributed by atoms with Gasteiger partial charge in [0.1, 0.15) is 0 Å². The summed E-state index contributed by atoms with van der Waals surface area (Å²) in [4.78, 5) is 13.3. The molecule has 0 saturated carbocycles. The molecule has 0 spiro atoms. The Morgan fingerprint density at radius 1 is 1.45 bits per heavy atom. The van der Waals surface area contributed by atoms with E-state index in [4.69, 9.17) is 0 Å². The minimum Gasteiger partial charge on any atom is -0.392 e. The van der Waals surface area contributed by atoms with Crippen molar-refractivity contribution in [3.63, 3.8) is 0 Å². The fraction of sp³-hybridized carbons (Fsp3) is 0.533. The highest BCUT2D eigenvalue weighted by molar-refractivity contribution is 9.10. The monoisotopic (exact) mass is 340 g/mol. The first-order valence-corrected chi connectivity index (χ1v) is 7.78. The van der Waals surface area contributed by atoms with E-state index in [9.17, 15) is 9.90 Å². The number of hydrogen-bond acceptors (Lipinski definition) is 3. The Balaban J connectivity index is 1.95. The summed E-state index contributed by atoms with van der Waals surface area (Å²) >= 11 is 3.43. The molecule has 0 radical (unpaired) electrons. The number of aliphatic hydroxyl groups is 1. The predicted molar refractivity (Wildman–Crippen MR) is 83.7 cm³/mol. The van der Waals surface area contributed by atoms with Gasteiger partial charge < -0.3 is 15.3 Å². The van der Waals surface area contributed by atoms with Gasteiger partial charge in [-0.05, 0) is 37.0 Å². The summed E-state index contributed by atoms with van der Waals surface area (Å²) in [5.74, 6) is 0.603. The lowest BCUT2D eigenvalue weighted by atomic mass is 9.96. The van der Waals surface area contributed by atoms with E-state index in [1.165, 1.54) is 0 Å². The van der Waals surface area contributed by atoms with Gasteiger partial charge in [0.2, 0.25) is 5.91 Å². The van der Waals surface area contributed by atoms with Crippen LogP contribution in [0.2, 0.25) is 0 Å². The molecule has 1 amide bonds. The van der Waals surface area contributed by atoms with Crippen molar-refractivity contribution >= 4 is 27.5 Å². The molecule has 1 aliphatic heterocycles. The van der Waals surface area contributed by atoms with E-state index in [2.05, 4.69) is 32.2 Å². The van der Waals surface area contributed by atoms with Crippen LogP contribution in [0.25, 0.3) is 0 Å². The average Bonchev–Trinajstić information content (AvgIpc) is 2.45. The number of amides is 1. The highest BCUT2D eigenvalue weighted by atomic mass is 79.9. The number of rotatable bonds is 4. The first kappa shape index (κ1) is 15.3. The lowest BCUT2D eigenvalue weighted by Crippen LogP contribution is -2.38. The smallest absolute Gasteiger partial charge is 0.216 e. The quantitative estimate of drug-likeness (QED) is 0.884. The number of piperidine rings is 1. The van der Waals surface area contributed by atoms with Crippen molar-refractivity contribution in [1.82, 2.24) is 5.32 Å². The largest absolute Gasteiger partial charge is 0.392 e. The van der Waals surface area contributed by atoms with E-state index in [0.717, 1.165) is 48.2 Å². The first-order valence-electron chi connectivity index (χ1n) is 6.99. The van der Waals surface area contributed by atoms with E-state index in [1.807, 2.05) is 12.1 Å². The summed E-state index contributed by atoms with van der Waals surface area (Å²) in [7, 11) is 0. The summed E-state index contributed by atoms with van der Waals surface area (Å²) in [5, 5.41) is 12.4. The van der Waals surface area contributed by atoms with Crippen molar-refractivity contribution in [1.29, 1.82) is 0 Å². The van der Waals surface area contributed by atoms with Gasteiger partial charge in [-0.3, -0.25) is 4.79 Å². The fourth-order valence-corrected chi connectivity index (χ4v) is 3.06. The molecule has 2 rings (SSSR count). The molecule has 0 atom stereocenters. The Morgan fingerprint density at radius 2 is 2.15 bits per heavy atom. The Morgan fingerprint density at radius 3 is 2.75 bits per heavy atom. The summed E-state index contributed by atoms with van der Waals surface area (Å²) in [6, 6.07) is 6.04. The summed E-state index contributed by atoms with van der Waals surface area (Å²) in [6.45, 7) is 4.33. The standard InChI is InChI=1S/C15H21BrN2O2/c1-11(20)17-9-12-4-6-18(7-5-12)15-3-2-14(16)8-13(15)10-19/h2-3,8,12,19H,4-7,9-10H2,1H3,(H,17,20). The lowest BCUT2D eigenvalue weighted by molar-refractivity contribution is -0.119. The maximum atomic E-state index is 10.9. The van der Waals surface area contributed by atoms with Gasteiger partial charge in [-0.1, -0.05) is 15.9 Å². The number of nitrogens with zero attached hydrogens (tertiary/aromatic N) is 1. The number of halogens is 1. The predicted octanol–water partition coefficient (Wildman–Crippen LogP) is 2.29. The molecule has 0 aromatic heterocycles. The minimum absolute atomic E-state index is 0.0444. The van der Waals surface area contributed by atoms with Gasteiger partial charge in [0, 0.05) is 42.3 Å². The maximum absolute atomic E-state index is 10.9. The molecule has 0 bridgehead atoms. The van der Waals surface area contributed by atoms with Gasteiger partial charge in [-0.25, -0.2) is 0 Å². The number of carbonyl (C=O) groups excluding carboxylic acids is 1. The van der Waals surface area contributed by atoms with Crippen molar-refractivity contribution in [2.24, 2.45) is 5.92 Å². The highest BCUT2D eigenvalue weighted by Crippen LogP contribution is 2.28. The Hall–Kier alpha value is -1.07. The topological polar surface area (TPSA) is 52.6 Å². The van der Waals surface area contributed by atoms with Gasteiger partial charge in [0.15, 0.2) is 0 Å². The van der Waals surface area contributed by atoms with Gasteiger partial charge in [0.05, 0.1) is 6.61 Å². The van der Waals surface area contributed by atoms with Crippen LogP contribution >= 0.6 is 15.9 Å². The van der Waals surface area contributed by atoms with E-state index >= 15 is 0 Å². The Kier molecular flexibility index (Phi) is 5.43. The Bertz CT molecular complexity index is 471. The number of aliphatic hydroxyl groups excluding tert-OH is 1. The minimum atomic E-state index is 0.0444. The van der Waals surface area contributed by atoms with Crippen molar-refractivity contribution in [3.05, 3.63) is 28.2 Å². The highest BCUT2D eigenvalue weighted by Gasteiger charge is 2.21. The van der Waals surface area contributed by atoms with Crippen LogP contribution in [0.3, 0.4) is 0 Å². The molecule has 1 aromatic carbocycles. The zero-order chi connectivity index (χ0) is 14.5. The maximum Gasteiger partial charge on any atom is 0.216 e. The summed E-state index contributed by atoms with van der Waals surface area (Å²) < 4.78 is 0.992. The van der Waals surface area contributed by atoms with Crippen molar-refractivity contribution < 1.29 is 9.90 Å². The van der Waals surface area contributed by atoms with E-state index in [0.29, 0.717) is 5.92 Å². The molecule has 1 aromatic rings. The number of anilines is 1. The normalized spacial score (nSPS) is 16.2. The van der Waals surface area contributed by atoms with Gasteiger partial charge in [0.25, 0.3) is 0 Å². The van der Waals surface area contributed by atoms with E-state index in [1.54, 1.807) is 6.92 Å². The zero-order valence-electron chi connectivity index (χ0n) is 11.7. The van der Waals surface area contributed by atoms with Crippen molar-refractivity contribution in [2.75, 3.05) is 24.5 Å². The second kappa shape index (κ2) is 7.09. The molecule has 1 fully saturated rings.